The Morgan fingerprint density at radius 1 is 1.03 bits per heavy atom. The van der Waals surface area contributed by atoms with E-state index in [1.54, 1.807) is 7.11 Å². The minimum atomic E-state index is -0.364. The molecule has 1 saturated carbocycles. The summed E-state index contributed by atoms with van der Waals surface area (Å²) in [7, 11) is 3.66. The molecule has 3 atom stereocenters. The van der Waals surface area contributed by atoms with Gasteiger partial charge < -0.3 is 25.0 Å². The third-order valence-electron chi connectivity index (χ3n) is 8.48. The summed E-state index contributed by atoms with van der Waals surface area (Å²) in [5.74, 6) is 0.884. The molecule has 1 aliphatic carbocycles. The Morgan fingerprint density at radius 2 is 1.78 bits per heavy atom. The Kier molecular flexibility index (Phi) is 10.2. The molecule has 2 N–H and O–H groups in total. The predicted octanol–water partition coefficient (Wildman–Crippen LogP) is 4.03. The molecule has 1 saturated heterocycles. The van der Waals surface area contributed by atoms with Crippen LogP contribution in [0.1, 0.15) is 69.5 Å². The second-order valence-corrected chi connectivity index (χ2v) is 11.0. The van der Waals surface area contributed by atoms with E-state index in [4.69, 9.17) is 15.2 Å². The Balaban J connectivity index is 1.50. The number of rotatable bonds is 13. The highest BCUT2D eigenvalue weighted by molar-refractivity contribution is 5.76. The molecule has 2 aliphatic rings. The first-order valence-corrected chi connectivity index (χ1v) is 14.2. The summed E-state index contributed by atoms with van der Waals surface area (Å²) in [6.07, 6.45) is 10.1. The summed E-state index contributed by atoms with van der Waals surface area (Å²) in [5, 5.41) is 0. The lowest BCUT2D eigenvalue weighted by molar-refractivity contribution is -0.00236. The molecule has 4 rings (SSSR count). The molecule has 7 nitrogen and oxygen atoms in total. The standard InChI is InChI=1S/C30H45N3O4/c1-32(25(20-31)19-22-11-5-3-6-12-22)26-27(29(35)28(26)34)33-16-9-15-24(21-33)30(37-18-10-17-36-2)23-13-7-4-8-14-23/h4,7-8,13-14,22,24-25,30H,3,5-6,9-12,15-21,31H2,1-2H3. The normalized spacial score (nSPS) is 20.7. The van der Waals surface area contributed by atoms with E-state index in [1.165, 1.54) is 32.1 Å². The molecule has 2 aromatic carbocycles. The van der Waals surface area contributed by atoms with Gasteiger partial charge in [-0.25, -0.2) is 0 Å². The van der Waals surface area contributed by atoms with Crippen LogP contribution in [0.2, 0.25) is 0 Å². The number of benzene rings is 1. The van der Waals surface area contributed by atoms with Crippen molar-refractivity contribution in [1.29, 1.82) is 0 Å². The number of nitrogens with zero attached hydrogens (tertiary/aromatic N) is 2. The number of nitrogens with two attached hydrogens (primary N) is 1. The van der Waals surface area contributed by atoms with Crippen molar-refractivity contribution in [2.75, 3.05) is 56.8 Å². The maximum absolute atomic E-state index is 12.9. The first kappa shape index (κ1) is 27.8. The average molecular weight is 512 g/mol. The van der Waals surface area contributed by atoms with Gasteiger partial charge in [-0.2, -0.15) is 0 Å². The van der Waals surface area contributed by atoms with Crippen LogP contribution in [0, 0.1) is 11.8 Å². The van der Waals surface area contributed by atoms with Gasteiger partial charge in [0.1, 0.15) is 11.4 Å². The molecule has 37 heavy (non-hydrogen) atoms. The summed E-state index contributed by atoms with van der Waals surface area (Å²) in [5.41, 5.74) is 7.80. The molecule has 0 radical (unpaired) electrons. The van der Waals surface area contributed by atoms with Crippen molar-refractivity contribution in [1.82, 2.24) is 0 Å². The van der Waals surface area contributed by atoms with E-state index in [1.807, 2.05) is 30.1 Å². The molecular formula is C30H45N3O4. The molecule has 7 heteroatoms. The van der Waals surface area contributed by atoms with Crippen molar-refractivity contribution in [3.05, 3.63) is 56.3 Å². The molecule has 2 fully saturated rings. The van der Waals surface area contributed by atoms with Crippen LogP contribution >= 0.6 is 0 Å². The SMILES string of the molecule is COCCCOC(c1ccccc1)C1CCCN(c2c(N(C)C(CN)CC3CCCCC3)c(=O)c2=O)C1. The van der Waals surface area contributed by atoms with Crippen molar-refractivity contribution in [2.45, 2.75) is 69.9 Å². The maximum atomic E-state index is 12.9. The highest BCUT2D eigenvalue weighted by atomic mass is 16.5. The van der Waals surface area contributed by atoms with E-state index >= 15 is 0 Å². The molecule has 3 unspecified atom stereocenters. The molecule has 0 amide bonds. The van der Waals surface area contributed by atoms with Crippen LogP contribution in [0.25, 0.3) is 0 Å². The molecule has 1 heterocycles. The third-order valence-corrected chi connectivity index (χ3v) is 8.48. The van der Waals surface area contributed by atoms with E-state index in [0.717, 1.165) is 37.8 Å². The number of hydrogen-bond acceptors (Lipinski definition) is 7. The zero-order valence-corrected chi connectivity index (χ0v) is 22.7. The van der Waals surface area contributed by atoms with Gasteiger partial charge in [0.05, 0.1) is 6.10 Å². The summed E-state index contributed by atoms with van der Waals surface area (Å²) >= 11 is 0. The second-order valence-electron chi connectivity index (χ2n) is 11.0. The predicted molar refractivity (Wildman–Crippen MR) is 150 cm³/mol. The highest BCUT2D eigenvalue weighted by Gasteiger charge is 2.36. The maximum Gasteiger partial charge on any atom is 0.253 e. The molecule has 0 aromatic heterocycles. The molecule has 0 bridgehead atoms. The van der Waals surface area contributed by atoms with Crippen LogP contribution in [0.4, 0.5) is 11.4 Å². The lowest BCUT2D eigenvalue weighted by Gasteiger charge is -2.41. The fourth-order valence-corrected chi connectivity index (χ4v) is 6.41. The van der Waals surface area contributed by atoms with Gasteiger partial charge in [-0.15, -0.1) is 0 Å². The van der Waals surface area contributed by atoms with Crippen LogP contribution in [-0.2, 0) is 9.47 Å². The molecule has 2 aromatic rings. The first-order valence-electron chi connectivity index (χ1n) is 14.2. The number of methoxy groups -OCH3 is 1. The van der Waals surface area contributed by atoms with Gasteiger partial charge >= 0.3 is 0 Å². The van der Waals surface area contributed by atoms with Crippen molar-refractivity contribution >= 4 is 11.4 Å². The van der Waals surface area contributed by atoms with Gasteiger partial charge in [0.2, 0.25) is 0 Å². The summed E-state index contributed by atoms with van der Waals surface area (Å²) in [4.78, 5) is 29.9. The fraction of sp³-hybridized carbons (Fsp3) is 0.667. The Morgan fingerprint density at radius 3 is 2.49 bits per heavy atom. The molecule has 1 aliphatic heterocycles. The number of piperidine rings is 1. The van der Waals surface area contributed by atoms with Crippen LogP contribution in [0.5, 0.6) is 0 Å². The highest BCUT2D eigenvalue weighted by Crippen LogP contribution is 2.37. The summed E-state index contributed by atoms with van der Waals surface area (Å²) < 4.78 is 11.6. The van der Waals surface area contributed by atoms with Gasteiger partial charge in [0.15, 0.2) is 0 Å². The Labute approximate surface area is 221 Å². The van der Waals surface area contributed by atoms with E-state index in [-0.39, 0.29) is 28.9 Å². The number of hydrogen-bond donors (Lipinski definition) is 1. The van der Waals surface area contributed by atoms with E-state index < -0.39 is 0 Å². The quantitative estimate of drug-likeness (QED) is 0.321. The smallest absolute Gasteiger partial charge is 0.253 e. The van der Waals surface area contributed by atoms with Crippen LogP contribution in [0.3, 0.4) is 0 Å². The average Bonchev–Trinajstić information content (AvgIpc) is 2.94. The van der Waals surface area contributed by atoms with Crippen molar-refractivity contribution < 1.29 is 9.47 Å². The fourth-order valence-electron chi connectivity index (χ4n) is 6.41. The van der Waals surface area contributed by atoms with Crippen molar-refractivity contribution in [2.24, 2.45) is 17.6 Å². The molecule has 204 valence electrons. The second kappa shape index (κ2) is 13.5. The summed E-state index contributed by atoms with van der Waals surface area (Å²) in [6, 6.07) is 10.4. The van der Waals surface area contributed by atoms with Crippen LogP contribution in [0.15, 0.2) is 39.9 Å². The number of likely N-dealkylation sites (N-methyl/N-ethyl adjacent to an activating group) is 1. The minimum Gasteiger partial charge on any atom is -0.385 e. The van der Waals surface area contributed by atoms with Crippen molar-refractivity contribution in [3.8, 4) is 0 Å². The lowest BCUT2D eigenvalue weighted by Crippen LogP contribution is -2.52. The monoisotopic (exact) mass is 511 g/mol. The van der Waals surface area contributed by atoms with E-state index in [9.17, 15) is 9.59 Å². The van der Waals surface area contributed by atoms with E-state index in [2.05, 4.69) is 17.0 Å². The van der Waals surface area contributed by atoms with Crippen molar-refractivity contribution in [3.63, 3.8) is 0 Å². The van der Waals surface area contributed by atoms with Gasteiger partial charge in [-0.05, 0) is 37.2 Å². The van der Waals surface area contributed by atoms with Gasteiger partial charge in [0, 0.05) is 59.0 Å². The van der Waals surface area contributed by atoms with Crippen LogP contribution < -0.4 is 26.4 Å². The topological polar surface area (TPSA) is 85.1 Å². The van der Waals surface area contributed by atoms with E-state index in [0.29, 0.717) is 43.6 Å². The Hall–Kier alpha value is -2.22. The third kappa shape index (κ3) is 6.62. The van der Waals surface area contributed by atoms with Gasteiger partial charge in [0.25, 0.3) is 10.9 Å². The van der Waals surface area contributed by atoms with Gasteiger partial charge in [-0.3, -0.25) is 9.59 Å². The van der Waals surface area contributed by atoms with Gasteiger partial charge in [-0.1, -0.05) is 62.4 Å². The molecule has 0 spiro atoms. The zero-order valence-electron chi connectivity index (χ0n) is 22.7. The molecular weight excluding hydrogens is 466 g/mol. The first-order chi connectivity index (χ1) is 18.0. The number of ether oxygens (including phenoxy) is 2. The largest absolute Gasteiger partial charge is 0.385 e. The van der Waals surface area contributed by atoms with Crippen LogP contribution in [-0.4, -0.2) is 53.0 Å². The number of anilines is 2. The lowest BCUT2D eigenvalue weighted by atomic mass is 9.84. The zero-order chi connectivity index (χ0) is 26.2. The Bertz CT molecular complexity index is 1030. The minimum absolute atomic E-state index is 0.0587. The summed E-state index contributed by atoms with van der Waals surface area (Å²) in [6.45, 7) is 3.26.